The van der Waals surface area contributed by atoms with E-state index in [9.17, 15) is 4.79 Å². The molecule has 24 heavy (non-hydrogen) atoms. The zero-order valence-corrected chi connectivity index (χ0v) is 13.1. The van der Waals surface area contributed by atoms with Gasteiger partial charge in [0.1, 0.15) is 5.76 Å². The van der Waals surface area contributed by atoms with Crippen LogP contribution in [-0.4, -0.2) is 17.1 Å². The average Bonchev–Trinajstić information content (AvgIpc) is 3.35. The van der Waals surface area contributed by atoms with Crippen LogP contribution in [0.3, 0.4) is 0 Å². The molecule has 0 aliphatic heterocycles. The number of carbonyl (C=O) groups is 1. The third kappa shape index (κ3) is 2.72. The Bertz CT molecular complexity index is 954. The molecule has 0 N–H and O–H groups in total. The molecule has 0 radical (unpaired) electrons. The highest BCUT2D eigenvalue weighted by Crippen LogP contribution is 2.29. The maximum absolute atomic E-state index is 12.7. The Labute approximate surface area is 140 Å². The van der Waals surface area contributed by atoms with E-state index < -0.39 is 5.91 Å². The van der Waals surface area contributed by atoms with E-state index in [-0.39, 0.29) is 5.76 Å². The summed E-state index contributed by atoms with van der Waals surface area (Å²) in [7, 11) is 0. The molecule has 3 heterocycles. The van der Waals surface area contributed by atoms with Gasteiger partial charge in [-0.25, -0.2) is 4.98 Å². The van der Waals surface area contributed by atoms with E-state index in [1.54, 1.807) is 24.3 Å². The van der Waals surface area contributed by atoms with Gasteiger partial charge in [0.05, 0.1) is 29.0 Å². The van der Waals surface area contributed by atoms with Crippen LogP contribution in [0.5, 0.6) is 0 Å². The van der Waals surface area contributed by atoms with Crippen LogP contribution in [0.25, 0.3) is 10.2 Å². The van der Waals surface area contributed by atoms with Gasteiger partial charge in [0.25, 0.3) is 0 Å². The highest BCUT2D eigenvalue weighted by molar-refractivity contribution is 7.22. The second kappa shape index (κ2) is 6.13. The molecule has 0 spiro atoms. The number of furan rings is 2. The van der Waals surface area contributed by atoms with Gasteiger partial charge in [0.2, 0.25) is 5.13 Å². The molecule has 7 heteroatoms. The maximum atomic E-state index is 12.7. The number of fused-ring (bicyclic) bond motifs is 1. The molecule has 4 aromatic rings. The number of hydrazone groups is 1. The number of amides is 1. The van der Waals surface area contributed by atoms with Crippen LogP contribution in [0, 0.1) is 0 Å². The first-order valence-electron chi connectivity index (χ1n) is 7.12. The van der Waals surface area contributed by atoms with Crippen LogP contribution in [-0.2, 0) is 0 Å². The van der Waals surface area contributed by atoms with Crippen molar-refractivity contribution in [3.63, 3.8) is 0 Å². The summed E-state index contributed by atoms with van der Waals surface area (Å²) in [6, 6.07) is 14.4. The molecule has 3 aromatic heterocycles. The fourth-order valence-electron chi connectivity index (χ4n) is 2.12. The van der Waals surface area contributed by atoms with E-state index in [1.807, 2.05) is 24.3 Å². The number of para-hydroxylation sites is 1. The number of rotatable bonds is 4. The molecule has 1 amide bonds. The summed E-state index contributed by atoms with van der Waals surface area (Å²) in [5.74, 6) is 0.320. The van der Waals surface area contributed by atoms with Gasteiger partial charge in [-0.3, -0.25) is 4.79 Å². The molecular formula is C17H11N3O3S. The third-order valence-corrected chi connectivity index (χ3v) is 4.24. The minimum atomic E-state index is -0.401. The third-order valence-electron chi connectivity index (χ3n) is 3.23. The molecule has 0 unspecified atom stereocenters. The predicted octanol–water partition coefficient (Wildman–Crippen LogP) is 4.16. The lowest BCUT2D eigenvalue weighted by Crippen LogP contribution is -2.25. The van der Waals surface area contributed by atoms with Crippen molar-refractivity contribution in [1.82, 2.24) is 4.98 Å². The normalized spacial score (nSPS) is 11.3. The van der Waals surface area contributed by atoms with Crippen molar-refractivity contribution in [2.75, 3.05) is 5.01 Å². The molecule has 4 rings (SSSR count). The van der Waals surface area contributed by atoms with E-state index in [0.29, 0.717) is 10.9 Å². The molecule has 6 nitrogen and oxygen atoms in total. The minimum Gasteiger partial charge on any atom is -0.463 e. The predicted molar refractivity (Wildman–Crippen MR) is 91.4 cm³/mol. The van der Waals surface area contributed by atoms with Gasteiger partial charge >= 0.3 is 5.91 Å². The fraction of sp³-hybridized carbons (Fsp3) is 0. The zero-order valence-electron chi connectivity index (χ0n) is 12.3. The Kier molecular flexibility index (Phi) is 3.68. The van der Waals surface area contributed by atoms with E-state index in [0.717, 1.165) is 10.2 Å². The number of benzene rings is 1. The van der Waals surface area contributed by atoms with Crippen LogP contribution in [0.4, 0.5) is 5.13 Å². The maximum Gasteiger partial charge on any atom is 0.316 e. The van der Waals surface area contributed by atoms with E-state index in [2.05, 4.69) is 10.1 Å². The lowest BCUT2D eigenvalue weighted by molar-refractivity contribution is 0.0961. The van der Waals surface area contributed by atoms with Crippen LogP contribution >= 0.6 is 11.3 Å². The van der Waals surface area contributed by atoms with Gasteiger partial charge in [0, 0.05) is 0 Å². The van der Waals surface area contributed by atoms with Crippen molar-refractivity contribution in [2.24, 2.45) is 5.10 Å². The Balaban J connectivity index is 1.75. The SMILES string of the molecule is O=C(c1ccco1)N(/N=C\c1ccco1)c1nc2ccccc2s1. The smallest absolute Gasteiger partial charge is 0.316 e. The first-order valence-corrected chi connectivity index (χ1v) is 7.94. The molecule has 1 aromatic carbocycles. The number of hydrogen-bond acceptors (Lipinski definition) is 6. The van der Waals surface area contributed by atoms with Crippen LogP contribution in [0.2, 0.25) is 0 Å². The number of nitrogens with zero attached hydrogens (tertiary/aromatic N) is 3. The number of carbonyl (C=O) groups excluding carboxylic acids is 1. The highest BCUT2D eigenvalue weighted by Gasteiger charge is 2.23. The summed E-state index contributed by atoms with van der Waals surface area (Å²) >= 11 is 1.38. The van der Waals surface area contributed by atoms with Gasteiger partial charge in [-0.2, -0.15) is 10.1 Å². The van der Waals surface area contributed by atoms with E-state index in [4.69, 9.17) is 8.83 Å². The molecule has 0 fully saturated rings. The minimum absolute atomic E-state index is 0.186. The molecular weight excluding hydrogens is 326 g/mol. The summed E-state index contributed by atoms with van der Waals surface area (Å²) in [4.78, 5) is 17.2. The molecule has 118 valence electrons. The zero-order chi connectivity index (χ0) is 16.4. The van der Waals surface area contributed by atoms with Gasteiger partial charge < -0.3 is 8.83 Å². The van der Waals surface area contributed by atoms with Crippen molar-refractivity contribution in [2.45, 2.75) is 0 Å². The number of hydrogen-bond donors (Lipinski definition) is 0. The van der Waals surface area contributed by atoms with E-state index in [1.165, 1.54) is 35.1 Å². The Morgan fingerprint density at radius 3 is 2.67 bits per heavy atom. The second-order valence-corrected chi connectivity index (χ2v) is 5.83. The van der Waals surface area contributed by atoms with Crippen LogP contribution in [0.1, 0.15) is 16.3 Å². The van der Waals surface area contributed by atoms with Crippen molar-refractivity contribution in [1.29, 1.82) is 0 Å². The van der Waals surface area contributed by atoms with Crippen LogP contribution < -0.4 is 5.01 Å². The van der Waals surface area contributed by atoms with Gasteiger partial charge in [-0.05, 0) is 36.4 Å². The Morgan fingerprint density at radius 1 is 1.08 bits per heavy atom. The summed E-state index contributed by atoms with van der Waals surface area (Å²) in [6.45, 7) is 0. The van der Waals surface area contributed by atoms with Crippen molar-refractivity contribution in [3.05, 3.63) is 72.6 Å². The molecule has 0 aliphatic carbocycles. The van der Waals surface area contributed by atoms with Crippen molar-refractivity contribution in [3.8, 4) is 0 Å². The summed E-state index contributed by atoms with van der Waals surface area (Å²) in [6.07, 6.45) is 4.45. The monoisotopic (exact) mass is 337 g/mol. The average molecular weight is 337 g/mol. The Morgan fingerprint density at radius 2 is 1.92 bits per heavy atom. The lowest BCUT2D eigenvalue weighted by Gasteiger charge is -2.11. The summed E-state index contributed by atoms with van der Waals surface area (Å²) < 4.78 is 11.4. The number of anilines is 1. The quantitative estimate of drug-likeness (QED) is 0.414. The first kappa shape index (κ1) is 14.4. The van der Waals surface area contributed by atoms with Crippen molar-refractivity contribution >= 4 is 38.8 Å². The molecule has 0 atom stereocenters. The summed E-state index contributed by atoms with van der Waals surface area (Å²) in [5.41, 5.74) is 0.808. The highest BCUT2D eigenvalue weighted by atomic mass is 32.1. The second-order valence-electron chi connectivity index (χ2n) is 4.82. The molecule has 0 saturated heterocycles. The Hall–Kier alpha value is -3.19. The largest absolute Gasteiger partial charge is 0.463 e. The molecule has 0 saturated carbocycles. The van der Waals surface area contributed by atoms with Gasteiger partial charge in [0.15, 0.2) is 5.76 Å². The molecule has 0 aliphatic rings. The fourth-order valence-corrected chi connectivity index (χ4v) is 3.05. The standard InChI is InChI=1S/C17H11N3O3S/c21-16(14-7-4-10-23-14)20(18-11-12-5-3-9-22-12)17-19-13-6-1-2-8-15(13)24-17/h1-11H/b18-11-. The van der Waals surface area contributed by atoms with Gasteiger partial charge in [-0.1, -0.05) is 23.5 Å². The van der Waals surface area contributed by atoms with Crippen LogP contribution in [0.15, 0.2) is 75.0 Å². The molecule has 0 bridgehead atoms. The summed E-state index contributed by atoms with van der Waals surface area (Å²) in [5, 5.41) is 5.91. The lowest BCUT2D eigenvalue weighted by atomic mass is 10.3. The van der Waals surface area contributed by atoms with E-state index >= 15 is 0 Å². The van der Waals surface area contributed by atoms with Gasteiger partial charge in [-0.15, -0.1) is 0 Å². The first-order chi connectivity index (χ1) is 11.8. The number of thiazole rings is 1. The number of aromatic nitrogens is 1. The topological polar surface area (TPSA) is 71.8 Å². The van der Waals surface area contributed by atoms with Crippen molar-refractivity contribution < 1.29 is 13.6 Å².